The highest BCUT2D eigenvalue weighted by Gasteiger charge is 2.35. The standard InChI is InChI=1S/C13H17N3O3/c1-9-12(13-14-10(2)15-19-13)16(5-7-17-9)8-11-4-3-6-18-11/h3-4,6,9,12H,5,7-8H2,1-2H3/t9-,12+/m1/s1. The van der Waals surface area contributed by atoms with Crippen LogP contribution in [0.5, 0.6) is 0 Å². The molecule has 2 atom stereocenters. The van der Waals surface area contributed by atoms with E-state index in [1.807, 2.05) is 26.0 Å². The lowest BCUT2D eigenvalue weighted by molar-refractivity contribution is -0.0780. The molecule has 2 aromatic heterocycles. The van der Waals surface area contributed by atoms with Gasteiger partial charge in [0, 0.05) is 6.54 Å². The van der Waals surface area contributed by atoms with Crippen LogP contribution < -0.4 is 0 Å². The molecule has 6 nitrogen and oxygen atoms in total. The van der Waals surface area contributed by atoms with E-state index >= 15 is 0 Å². The predicted molar refractivity (Wildman–Crippen MR) is 66.3 cm³/mol. The Morgan fingerprint density at radius 3 is 3.05 bits per heavy atom. The van der Waals surface area contributed by atoms with Crippen LogP contribution in [0.1, 0.15) is 30.4 Å². The van der Waals surface area contributed by atoms with Crippen molar-refractivity contribution in [2.75, 3.05) is 13.2 Å². The quantitative estimate of drug-likeness (QED) is 0.843. The first-order chi connectivity index (χ1) is 9.24. The fourth-order valence-corrected chi connectivity index (χ4v) is 2.45. The van der Waals surface area contributed by atoms with Crippen molar-refractivity contribution in [1.82, 2.24) is 15.0 Å². The van der Waals surface area contributed by atoms with Gasteiger partial charge in [-0.05, 0) is 26.0 Å². The number of furan rings is 1. The van der Waals surface area contributed by atoms with Crippen LogP contribution in [-0.2, 0) is 11.3 Å². The summed E-state index contributed by atoms with van der Waals surface area (Å²) in [6.07, 6.45) is 1.70. The summed E-state index contributed by atoms with van der Waals surface area (Å²) >= 11 is 0. The summed E-state index contributed by atoms with van der Waals surface area (Å²) in [6, 6.07) is 3.83. The Morgan fingerprint density at radius 1 is 1.47 bits per heavy atom. The average Bonchev–Trinajstić information content (AvgIpc) is 3.01. The molecule has 1 fully saturated rings. The second-order valence-corrected chi connectivity index (χ2v) is 4.75. The molecule has 0 N–H and O–H groups in total. The summed E-state index contributed by atoms with van der Waals surface area (Å²) in [7, 11) is 0. The van der Waals surface area contributed by atoms with Crippen LogP contribution in [0.15, 0.2) is 27.3 Å². The number of aryl methyl sites for hydroxylation is 1. The van der Waals surface area contributed by atoms with E-state index in [1.54, 1.807) is 6.26 Å². The van der Waals surface area contributed by atoms with Gasteiger partial charge in [0.15, 0.2) is 5.82 Å². The van der Waals surface area contributed by atoms with Gasteiger partial charge in [0.05, 0.1) is 25.5 Å². The average molecular weight is 263 g/mol. The molecule has 3 heterocycles. The molecule has 3 rings (SSSR count). The number of morpholine rings is 1. The van der Waals surface area contributed by atoms with Crippen molar-refractivity contribution in [2.45, 2.75) is 32.5 Å². The molecule has 19 heavy (non-hydrogen) atoms. The highest BCUT2D eigenvalue weighted by Crippen LogP contribution is 2.29. The van der Waals surface area contributed by atoms with Crippen LogP contribution in [0, 0.1) is 6.92 Å². The van der Waals surface area contributed by atoms with Gasteiger partial charge in [-0.25, -0.2) is 0 Å². The molecule has 0 spiro atoms. The predicted octanol–water partition coefficient (Wildman–Crippen LogP) is 1.93. The molecule has 102 valence electrons. The highest BCUT2D eigenvalue weighted by molar-refractivity contribution is 5.02. The zero-order chi connectivity index (χ0) is 13.2. The molecule has 1 aliphatic rings. The Labute approximate surface area is 111 Å². The van der Waals surface area contributed by atoms with Gasteiger partial charge >= 0.3 is 0 Å². The van der Waals surface area contributed by atoms with Gasteiger partial charge in [-0.1, -0.05) is 5.16 Å². The van der Waals surface area contributed by atoms with E-state index < -0.39 is 0 Å². The van der Waals surface area contributed by atoms with Crippen molar-refractivity contribution < 1.29 is 13.7 Å². The monoisotopic (exact) mass is 263 g/mol. The van der Waals surface area contributed by atoms with Gasteiger partial charge in [0.1, 0.15) is 11.8 Å². The van der Waals surface area contributed by atoms with Crippen molar-refractivity contribution in [3.63, 3.8) is 0 Å². The van der Waals surface area contributed by atoms with E-state index in [0.29, 0.717) is 24.9 Å². The first-order valence-corrected chi connectivity index (χ1v) is 6.42. The van der Waals surface area contributed by atoms with Crippen molar-refractivity contribution in [1.29, 1.82) is 0 Å². The molecule has 0 unspecified atom stereocenters. The first-order valence-electron chi connectivity index (χ1n) is 6.42. The lowest BCUT2D eigenvalue weighted by atomic mass is 10.1. The molecule has 1 aliphatic heterocycles. The molecular formula is C13H17N3O3. The summed E-state index contributed by atoms with van der Waals surface area (Å²) in [5, 5.41) is 3.87. The first kappa shape index (κ1) is 12.4. The number of ether oxygens (including phenoxy) is 1. The van der Waals surface area contributed by atoms with E-state index in [1.165, 1.54) is 0 Å². The third-order valence-corrected chi connectivity index (χ3v) is 3.33. The molecule has 0 aromatic carbocycles. The van der Waals surface area contributed by atoms with Crippen molar-refractivity contribution in [3.05, 3.63) is 35.9 Å². The zero-order valence-electron chi connectivity index (χ0n) is 11.1. The van der Waals surface area contributed by atoms with Crippen LogP contribution in [0.3, 0.4) is 0 Å². The van der Waals surface area contributed by atoms with E-state index in [-0.39, 0.29) is 12.1 Å². The maximum Gasteiger partial charge on any atom is 0.246 e. The van der Waals surface area contributed by atoms with E-state index in [4.69, 9.17) is 13.7 Å². The number of nitrogens with zero attached hydrogens (tertiary/aromatic N) is 3. The topological polar surface area (TPSA) is 64.5 Å². The minimum absolute atomic E-state index is 0.0172. The van der Waals surface area contributed by atoms with Crippen LogP contribution in [-0.4, -0.2) is 34.3 Å². The normalized spacial score (nSPS) is 24.7. The van der Waals surface area contributed by atoms with E-state index in [0.717, 1.165) is 12.3 Å². The lowest BCUT2D eigenvalue weighted by Gasteiger charge is -2.37. The van der Waals surface area contributed by atoms with Crippen LogP contribution in [0.2, 0.25) is 0 Å². The maximum atomic E-state index is 5.70. The number of hydrogen-bond acceptors (Lipinski definition) is 6. The second kappa shape index (κ2) is 5.14. The summed E-state index contributed by atoms with van der Waals surface area (Å²) in [5.74, 6) is 2.18. The van der Waals surface area contributed by atoms with Crippen LogP contribution >= 0.6 is 0 Å². The lowest BCUT2D eigenvalue weighted by Crippen LogP contribution is -2.43. The van der Waals surface area contributed by atoms with E-state index in [2.05, 4.69) is 15.0 Å². The van der Waals surface area contributed by atoms with Gasteiger partial charge in [-0.15, -0.1) is 0 Å². The molecular weight excluding hydrogens is 246 g/mol. The Hall–Kier alpha value is -1.66. The molecule has 0 saturated carbocycles. The summed E-state index contributed by atoms with van der Waals surface area (Å²) in [4.78, 5) is 6.58. The zero-order valence-corrected chi connectivity index (χ0v) is 11.1. The van der Waals surface area contributed by atoms with Gasteiger partial charge < -0.3 is 13.7 Å². The summed E-state index contributed by atoms with van der Waals surface area (Å²) in [6.45, 7) is 6.08. The maximum absolute atomic E-state index is 5.70. The van der Waals surface area contributed by atoms with Crippen molar-refractivity contribution >= 4 is 0 Å². The Balaban J connectivity index is 1.83. The number of hydrogen-bond donors (Lipinski definition) is 0. The highest BCUT2D eigenvalue weighted by atomic mass is 16.5. The third-order valence-electron chi connectivity index (χ3n) is 3.33. The van der Waals surface area contributed by atoms with Gasteiger partial charge in [-0.3, -0.25) is 4.90 Å². The molecule has 1 saturated heterocycles. The summed E-state index contributed by atoms with van der Waals surface area (Å²) < 4.78 is 16.4. The molecule has 2 aromatic rings. The van der Waals surface area contributed by atoms with Gasteiger partial charge in [0.25, 0.3) is 0 Å². The summed E-state index contributed by atoms with van der Waals surface area (Å²) in [5.41, 5.74) is 0. The fraction of sp³-hybridized carbons (Fsp3) is 0.538. The Kier molecular flexibility index (Phi) is 3.35. The van der Waals surface area contributed by atoms with Gasteiger partial charge in [0.2, 0.25) is 5.89 Å². The minimum atomic E-state index is -0.0277. The van der Waals surface area contributed by atoms with E-state index in [9.17, 15) is 0 Å². The van der Waals surface area contributed by atoms with Gasteiger partial charge in [-0.2, -0.15) is 4.98 Å². The number of rotatable bonds is 3. The molecule has 0 aliphatic carbocycles. The fourth-order valence-electron chi connectivity index (χ4n) is 2.45. The minimum Gasteiger partial charge on any atom is -0.468 e. The molecule has 6 heteroatoms. The Bertz CT molecular complexity index is 523. The van der Waals surface area contributed by atoms with Crippen LogP contribution in [0.4, 0.5) is 0 Å². The second-order valence-electron chi connectivity index (χ2n) is 4.75. The third kappa shape index (κ3) is 2.54. The SMILES string of the molecule is Cc1noc([C@@H]2[C@@H](C)OCCN2Cc2ccco2)n1. The van der Waals surface area contributed by atoms with Crippen LogP contribution in [0.25, 0.3) is 0 Å². The molecule has 0 amide bonds. The van der Waals surface area contributed by atoms with Crippen molar-refractivity contribution in [2.24, 2.45) is 0 Å². The smallest absolute Gasteiger partial charge is 0.246 e. The molecule has 0 bridgehead atoms. The van der Waals surface area contributed by atoms with Crippen molar-refractivity contribution in [3.8, 4) is 0 Å². The molecule has 0 radical (unpaired) electrons. The Morgan fingerprint density at radius 2 is 2.37 bits per heavy atom. The number of aromatic nitrogens is 2. The largest absolute Gasteiger partial charge is 0.468 e.